The quantitative estimate of drug-likeness (QED) is 0.180. The Balaban J connectivity index is 5.24. The van der Waals surface area contributed by atoms with Crippen LogP contribution in [-0.4, -0.2) is 70.4 Å². The number of aliphatic carboxylic acids is 1. The predicted molar refractivity (Wildman–Crippen MR) is 111 cm³/mol. The molecule has 29 heavy (non-hydrogen) atoms. The second kappa shape index (κ2) is 13.4. The van der Waals surface area contributed by atoms with Crippen molar-refractivity contribution >= 4 is 36.3 Å². The highest BCUT2D eigenvalue weighted by atomic mass is 32.1. The van der Waals surface area contributed by atoms with E-state index in [0.29, 0.717) is 6.42 Å². The lowest BCUT2D eigenvalue weighted by atomic mass is 9.97. The maximum absolute atomic E-state index is 12.7. The van der Waals surface area contributed by atoms with Crippen LogP contribution in [0.2, 0.25) is 0 Å². The SMILES string of the molecule is CCC(C)C(NC(=O)C(N)CO)C(=O)NC(CS)C(=O)NC(CC(C)C)C(=O)O. The molecule has 0 aromatic carbocycles. The number of carboxylic acids is 1. The molecule has 0 radical (unpaired) electrons. The Kier molecular flexibility index (Phi) is 12.5. The van der Waals surface area contributed by atoms with Crippen molar-refractivity contribution in [3.05, 3.63) is 0 Å². The third kappa shape index (κ3) is 9.46. The fraction of sp³-hybridized carbons (Fsp3) is 0.778. The van der Waals surface area contributed by atoms with Gasteiger partial charge < -0.3 is 31.9 Å². The number of carbonyl (C=O) groups excluding carboxylic acids is 3. The Bertz CT molecular complexity index is 575. The minimum atomic E-state index is -1.18. The molecule has 7 N–H and O–H groups in total. The molecule has 0 aromatic rings. The second-order valence-corrected chi connectivity index (χ2v) is 7.80. The van der Waals surface area contributed by atoms with E-state index in [1.165, 1.54) is 0 Å². The van der Waals surface area contributed by atoms with E-state index in [4.69, 9.17) is 10.8 Å². The summed E-state index contributed by atoms with van der Waals surface area (Å²) in [4.78, 5) is 48.5. The number of carboxylic acid groups (broad SMARTS) is 1. The average molecular weight is 435 g/mol. The van der Waals surface area contributed by atoms with Gasteiger partial charge in [0.25, 0.3) is 0 Å². The summed E-state index contributed by atoms with van der Waals surface area (Å²) in [6, 6.07) is -4.33. The number of rotatable bonds is 13. The maximum atomic E-state index is 12.7. The molecule has 11 heteroatoms. The van der Waals surface area contributed by atoms with Crippen molar-refractivity contribution in [2.75, 3.05) is 12.4 Å². The van der Waals surface area contributed by atoms with Gasteiger partial charge in [0.1, 0.15) is 24.2 Å². The van der Waals surface area contributed by atoms with Gasteiger partial charge in [0.15, 0.2) is 0 Å². The lowest BCUT2D eigenvalue weighted by Crippen LogP contribution is -2.59. The van der Waals surface area contributed by atoms with Gasteiger partial charge in [0.05, 0.1) is 6.61 Å². The molecule has 0 aliphatic heterocycles. The van der Waals surface area contributed by atoms with Crippen LogP contribution in [0.15, 0.2) is 0 Å². The van der Waals surface area contributed by atoms with Gasteiger partial charge in [-0.1, -0.05) is 34.1 Å². The molecule has 0 aliphatic carbocycles. The molecule has 10 nitrogen and oxygen atoms in total. The van der Waals surface area contributed by atoms with Crippen LogP contribution in [0.3, 0.4) is 0 Å². The number of hydrogen-bond acceptors (Lipinski definition) is 7. The first-order chi connectivity index (χ1) is 13.5. The van der Waals surface area contributed by atoms with Crippen LogP contribution in [0.25, 0.3) is 0 Å². The van der Waals surface area contributed by atoms with Crippen LogP contribution in [-0.2, 0) is 19.2 Å². The first kappa shape index (κ1) is 27.1. The highest BCUT2D eigenvalue weighted by Crippen LogP contribution is 2.10. The number of aliphatic hydroxyl groups is 1. The lowest BCUT2D eigenvalue weighted by molar-refractivity contribution is -0.142. The number of nitrogens with one attached hydrogen (secondary N) is 3. The van der Waals surface area contributed by atoms with Gasteiger partial charge >= 0.3 is 5.97 Å². The summed E-state index contributed by atoms with van der Waals surface area (Å²) in [5.41, 5.74) is 5.48. The van der Waals surface area contributed by atoms with E-state index in [-0.39, 0.29) is 24.0 Å². The first-order valence-electron chi connectivity index (χ1n) is 9.59. The monoisotopic (exact) mass is 434 g/mol. The Morgan fingerprint density at radius 2 is 1.52 bits per heavy atom. The minimum Gasteiger partial charge on any atom is -0.480 e. The van der Waals surface area contributed by atoms with Gasteiger partial charge in [0.2, 0.25) is 17.7 Å². The summed E-state index contributed by atoms with van der Waals surface area (Å²) in [7, 11) is 0. The van der Waals surface area contributed by atoms with Crippen LogP contribution in [0.5, 0.6) is 0 Å². The molecule has 0 heterocycles. The molecule has 0 aliphatic rings. The summed E-state index contributed by atoms with van der Waals surface area (Å²) < 4.78 is 0. The van der Waals surface area contributed by atoms with E-state index in [2.05, 4.69) is 28.6 Å². The number of hydrogen-bond donors (Lipinski definition) is 7. The Hall–Kier alpha value is -1.85. The third-order valence-corrected chi connectivity index (χ3v) is 4.83. The van der Waals surface area contributed by atoms with Crippen molar-refractivity contribution in [1.29, 1.82) is 0 Å². The molecule has 0 bridgehead atoms. The van der Waals surface area contributed by atoms with Crippen LogP contribution >= 0.6 is 12.6 Å². The summed E-state index contributed by atoms with van der Waals surface area (Å²) in [5, 5.41) is 25.7. The zero-order valence-corrected chi connectivity index (χ0v) is 18.2. The van der Waals surface area contributed by atoms with Gasteiger partial charge in [-0.05, 0) is 18.3 Å². The van der Waals surface area contributed by atoms with Crippen molar-refractivity contribution in [2.45, 2.75) is 64.7 Å². The average Bonchev–Trinajstić information content (AvgIpc) is 2.67. The van der Waals surface area contributed by atoms with E-state index in [1.807, 2.05) is 20.8 Å². The molecule has 0 rings (SSSR count). The molecule has 0 spiro atoms. The molecule has 0 aromatic heterocycles. The number of thiol groups is 1. The zero-order valence-electron chi connectivity index (χ0n) is 17.3. The summed E-state index contributed by atoms with van der Waals surface area (Å²) in [6.07, 6.45) is 0.791. The van der Waals surface area contributed by atoms with Crippen molar-refractivity contribution < 1.29 is 29.4 Å². The van der Waals surface area contributed by atoms with E-state index in [9.17, 15) is 24.3 Å². The van der Waals surface area contributed by atoms with Crippen LogP contribution in [0.1, 0.15) is 40.5 Å². The zero-order chi connectivity index (χ0) is 22.7. The van der Waals surface area contributed by atoms with Crippen LogP contribution < -0.4 is 21.7 Å². The molecule has 5 unspecified atom stereocenters. The largest absolute Gasteiger partial charge is 0.480 e. The highest BCUT2D eigenvalue weighted by Gasteiger charge is 2.32. The molecule has 0 saturated carbocycles. The molecule has 168 valence electrons. The molecule has 0 fully saturated rings. The van der Waals surface area contributed by atoms with E-state index in [0.717, 1.165) is 0 Å². The standard InChI is InChI=1S/C18H34N4O6S/c1-5-10(4)14(22-15(24)11(19)7-23)17(26)21-13(8-29)16(25)20-12(18(27)28)6-9(2)3/h9-14,23,29H,5-8,19H2,1-4H3,(H,20,25)(H,21,26)(H,22,24)(H,27,28). The fourth-order valence-corrected chi connectivity index (χ4v) is 2.72. The van der Waals surface area contributed by atoms with Gasteiger partial charge in [-0.3, -0.25) is 14.4 Å². The van der Waals surface area contributed by atoms with Crippen molar-refractivity contribution in [3.8, 4) is 0 Å². The molecule has 3 amide bonds. The summed E-state index contributed by atoms with van der Waals surface area (Å²) in [5.74, 6) is -3.46. The molecular formula is C18H34N4O6S. The van der Waals surface area contributed by atoms with Crippen molar-refractivity contribution in [2.24, 2.45) is 17.6 Å². The van der Waals surface area contributed by atoms with E-state index < -0.39 is 54.5 Å². The summed E-state index contributed by atoms with van der Waals surface area (Å²) in [6.45, 7) is 6.66. The Morgan fingerprint density at radius 3 is 1.93 bits per heavy atom. The van der Waals surface area contributed by atoms with Crippen LogP contribution in [0, 0.1) is 11.8 Å². The van der Waals surface area contributed by atoms with Crippen molar-refractivity contribution in [1.82, 2.24) is 16.0 Å². The molecule has 0 saturated heterocycles. The molecular weight excluding hydrogens is 400 g/mol. The lowest BCUT2D eigenvalue weighted by Gasteiger charge is -2.27. The second-order valence-electron chi connectivity index (χ2n) is 7.43. The highest BCUT2D eigenvalue weighted by molar-refractivity contribution is 7.80. The third-order valence-electron chi connectivity index (χ3n) is 4.46. The molecule has 5 atom stereocenters. The number of amides is 3. The normalized spacial score (nSPS) is 16.3. The number of aliphatic hydroxyl groups excluding tert-OH is 1. The topological polar surface area (TPSA) is 171 Å². The Morgan fingerprint density at radius 1 is 0.966 bits per heavy atom. The van der Waals surface area contributed by atoms with E-state index >= 15 is 0 Å². The van der Waals surface area contributed by atoms with Gasteiger partial charge in [0, 0.05) is 5.75 Å². The van der Waals surface area contributed by atoms with Gasteiger partial charge in [-0.15, -0.1) is 0 Å². The first-order valence-corrected chi connectivity index (χ1v) is 10.2. The summed E-state index contributed by atoms with van der Waals surface area (Å²) >= 11 is 4.07. The van der Waals surface area contributed by atoms with E-state index in [1.54, 1.807) is 6.92 Å². The van der Waals surface area contributed by atoms with Crippen molar-refractivity contribution in [3.63, 3.8) is 0 Å². The predicted octanol–water partition coefficient (Wildman–Crippen LogP) is -1.13. The van der Waals surface area contributed by atoms with Gasteiger partial charge in [-0.25, -0.2) is 4.79 Å². The number of carbonyl (C=O) groups is 4. The fourth-order valence-electron chi connectivity index (χ4n) is 2.47. The Labute approximate surface area is 176 Å². The van der Waals surface area contributed by atoms with Crippen LogP contribution in [0.4, 0.5) is 0 Å². The number of nitrogens with two attached hydrogens (primary N) is 1. The van der Waals surface area contributed by atoms with Gasteiger partial charge in [-0.2, -0.15) is 12.6 Å². The smallest absolute Gasteiger partial charge is 0.326 e. The minimum absolute atomic E-state index is 0.0428. The maximum Gasteiger partial charge on any atom is 0.326 e.